The molecule has 8 aromatic carbocycles. The Balaban J connectivity index is 1.14. The van der Waals surface area contributed by atoms with Gasteiger partial charge in [0, 0.05) is 16.9 Å². The Morgan fingerprint density at radius 1 is 0.280 bits per heavy atom. The molecule has 0 unspecified atom stereocenters. The zero-order valence-electron chi connectivity index (χ0n) is 27.5. The summed E-state index contributed by atoms with van der Waals surface area (Å²) in [5, 5.41) is 0. The second-order valence-electron chi connectivity index (χ2n) is 13.2. The van der Waals surface area contributed by atoms with Crippen LogP contribution in [0.15, 0.2) is 200 Å². The Hall–Kier alpha value is -6.44. The van der Waals surface area contributed by atoms with E-state index >= 15 is 0 Å². The Bertz CT molecular complexity index is 2470. The molecule has 0 aromatic heterocycles. The zero-order chi connectivity index (χ0) is 33.1. The smallest absolute Gasteiger partial charge is 0.0726 e. The average molecular weight is 636 g/mol. The molecule has 0 bridgehead atoms. The number of fused-ring (bicyclic) bond motifs is 10. The molecule has 10 rings (SSSR count). The molecule has 0 heterocycles. The number of para-hydroxylation sites is 1. The van der Waals surface area contributed by atoms with Gasteiger partial charge in [-0.3, -0.25) is 0 Å². The van der Waals surface area contributed by atoms with Crippen LogP contribution >= 0.6 is 0 Å². The average Bonchev–Trinajstić information content (AvgIpc) is 3.67. The summed E-state index contributed by atoms with van der Waals surface area (Å²) in [7, 11) is 0. The Labute approximate surface area is 293 Å². The fourth-order valence-corrected chi connectivity index (χ4v) is 8.60. The van der Waals surface area contributed by atoms with Gasteiger partial charge in [0.05, 0.1) is 11.1 Å². The highest BCUT2D eigenvalue weighted by Crippen LogP contribution is 2.64. The van der Waals surface area contributed by atoms with Gasteiger partial charge in [-0.2, -0.15) is 0 Å². The van der Waals surface area contributed by atoms with Gasteiger partial charge in [-0.25, -0.2) is 0 Å². The van der Waals surface area contributed by atoms with Crippen molar-refractivity contribution in [2.24, 2.45) is 0 Å². The van der Waals surface area contributed by atoms with Gasteiger partial charge in [-0.05, 0) is 91.5 Å². The minimum atomic E-state index is -0.382. The van der Waals surface area contributed by atoms with Crippen molar-refractivity contribution in [3.63, 3.8) is 0 Å². The molecule has 0 saturated carbocycles. The summed E-state index contributed by atoms with van der Waals surface area (Å²) in [5.41, 5.74) is 18.6. The van der Waals surface area contributed by atoms with Crippen molar-refractivity contribution < 1.29 is 0 Å². The summed E-state index contributed by atoms with van der Waals surface area (Å²) in [6.45, 7) is 0. The lowest BCUT2D eigenvalue weighted by Crippen LogP contribution is -2.26. The maximum absolute atomic E-state index is 2.43. The minimum Gasteiger partial charge on any atom is -0.310 e. The molecule has 0 amide bonds. The first kappa shape index (κ1) is 28.6. The van der Waals surface area contributed by atoms with Crippen LogP contribution in [0.3, 0.4) is 0 Å². The van der Waals surface area contributed by atoms with E-state index < -0.39 is 0 Å². The maximum atomic E-state index is 2.43. The molecule has 2 aliphatic rings. The topological polar surface area (TPSA) is 3.24 Å². The molecule has 0 radical (unpaired) electrons. The van der Waals surface area contributed by atoms with E-state index in [0.717, 1.165) is 11.4 Å². The van der Waals surface area contributed by atoms with Crippen LogP contribution in [-0.2, 0) is 5.41 Å². The van der Waals surface area contributed by atoms with E-state index in [9.17, 15) is 0 Å². The molecule has 0 aliphatic heterocycles. The number of anilines is 3. The molecule has 0 N–H and O–H groups in total. The van der Waals surface area contributed by atoms with Crippen molar-refractivity contribution >= 4 is 17.1 Å². The van der Waals surface area contributed by atoms with Crippen molar-refractivity contribution in [3.8, 4) is 44.5 Å². The molecule has 0 fully saturated rings. The Morgan fingerprint density at radius 2 is 0.680 bits per heavy atom. The molecular weight excluding hydrogens is 603 g/mol. The molecule has 234 valence electrons. The first-order valence-electron chi connectivity index (χ1n) is 17.4. The minimum absolute atomic E-state index is 0.382. The standard InChI is InChI=1S/C49H33N/c1-3-14-34(15-4-1)35-26-28-36(29-27-35)37-30-32-39(33-31-37)50(38-16-5-2-6-17-38)47-25-13-24-46-48(47)42-20-9-12-23-45(42)49(46)43-21-10-7-18-40(43)41-19-8-11-22-44(41)49/h1-33H. The third kappa shape index (κ3) is 4.14. The normalized spacial score (nSPS) is 13.0. The highest BCUT2D eigenvalue weighted by atomic mass is 15.1. The number of rotatable bonds is 5. The van der Waals surface area contributed by atoms with Crippen LogP contribution in [0.5, 0.6) is 0 Å². The molecular formula is C49H33N. The van der Waals surface area contributed by atoms with Gasteiger partial charge in [0.1, 0.15) is 0 Å². The molecule has 0 saturated heterocycles. The number of hydrogen-bond donors (Lipinski definition) is 0. The van der Waals surface area contributed by atoms with E-state index in [1.54, 1.807) is 0 Å². The summed E-state index contributed by atoms with van der Waals surface area (Å²) in [5.74, 6) is 0. The van der Waals surface area contributed by atoms with E-state index in [2.05, 4.69) is 205 Å². The summed E-state index contributed by atoms with van der Waals surface area (Å²) in [6, 6.07) is 73.3. The van der Waals surface area contributed by atoms with Gasteiger partial charge in [-0.15, -0.1) is 0 Å². The molecule has 0 atom stereocenters. The molecule has 1 nitrogen and oxygen atoms in total. The fraction of sp³-hybridized carbons (Fsp3) is 0.0204. The van der Waals surface area contributed by atoms with Gasteiger partial charge in [0.2, 0.25) is 0 Å². The maximum Gasteiger partial charge on any atom is 0.0726 e. The fourth-order valence-electron chi connectivity index (χ4n) is 8.60. The van der Waals surface area contributed by atoms with E-state index in [-0.39, 0.29) is 5.41 Å². The van der Waals surface area contributed by atoms with Crippen molar-refractivity contribution in [1.29, 1.82) is 0 Å². The highest BCUT2D eigenvalue weighted by Gasteiger charge is 2.52. The van der Waals surface area contributed by atoms with Crippen LogP contribution in [0.4, 0.5) is 17.1 Å². The first-order valence-corrected chi connectivity index (χ1v) is 17.4. The quantitative estimate of drug-likeness (QED) is 0.182. The summed E-state index contributed by atoms with van der Waals surface area (Å²) >= 11 is 0. The predicted octanol–water partition coefficient (Wildman–Crippen LogP) is 12.8. The molecule has 50 heavy (non-hydrogen) atoms. The van der Waals surface area contributed by atoms with Gasteiger partial charge >= 0.3 is 0 Å². The lowest BCUT2D eigenvalue weighted by Gasteiger charge is -2.31. The van der Waals surface area contributed by atoms with Crippen LogP contribution in [-0.4, -0.2) is 0 Å². The van der Waals surface area contributed by atoms with Crippen LogP contribution < -0.4 is 4.90 Å². The van der Waals surface area contributed by atoms with Crippen LogP contribution in [0.1, 0.15) is 22.3 Å². The first-order chi connectivity index (χ1) is 24.8. The van der Waals surface area contributed by atoms with Gasteiger partial charge in [0.25, 0.3) is 0 Å². The lowest BCUT2D eigenvalue weighted by molar-refractivity contribution is 0.794. The zero-order valence-corrected chi connectivity index (χ0v) is 27.5. The molecule has 2 aliphatic carbocycles. The third-order valence-electron chi connectivity index (χ3n) is 10.7. The van der Waals surface area contributed by atoms with Crippen molar-refractivity contribution in [1.82, 2.24) is 0 Å². The number of nitrogens with zero attached hydrogens (tertiary/aromatic N) is 1. The van der Waals surface area contributed by atoms with Gasteiger partial charge in [-0.1, -0.05) is 170 Å². The monoisotopic (exact) mass is 635 g/mol. The van der Waals surface area contributed by atoms with Crippen LogP contribution in [0.25, 0.3) is 44.5 Å². The second kappa shape index (κ2) is 11.3. The Morgan fingerprint density at radius 3 is 1.26 bits per heavy atom. The van der Waals surface area contributed by atoms with Crippen molar-refractivity contribution in [3.05, 3.63) is 222 Å². The molecule has 1 heteroatoms. The van der Waals surface area contributed by atoms with E-state index in [1.807, 2.05) is 0 Å². The van der Waals surface area contributed by atoms with Crippen molar-refractivity contribution in [2.75, 3.05) is 4.90 Å². The lowest BCUT2D eigenvalue weighted by atomic mass is 9.70. The van der Waals surface area contributed by atoms with E-state index in [0.29, 0.717) is 0 Å². The highest BCUT2D eigenvalue weighted by molar-refractivity contribution is 6.01. The van der Waals surface area contributed by atoms with Gasteiger partial charge < -0.3 is 4.90 Å². The Kier molecular flexibility index (Phi) is 6.47. The van der Waals surface area contributed by atoms with Crippen LogP contribution in [0, 0.1) is 0 Å². The van der Waals surface area contributed by atoms with Crippen LogP contribution in [0.2, 0.25) is 0 Å². The summed E-state index contributed by atoms with van der Waals surface area (Å²) in [4.78, 5) is 2.43. The summed E-state index contributed by atoms with van der Waals surface area (Å²) < 4.78 is 0. The number of benzene rings is 8. The van der Waals surface area contributed by atoms with Gasteiger partial charge in [0.15, 0.2) is 0 Å². The van der Waals surface area contributed by atoms with E-state index in [1.165, 1.54) is 72.4 Å². The number of hydrogen-bond acceptors (Lipinski definition) is 1. The predicted molar refractivity (Wildman–Crippen MR) is 208 cm³/mol. The van der Waals surface area contributed by atoms with E-state index in [4.69, 9.17) is 0 Å². The molecule has 1 spiro atoms. The summed E-state index contributed by atoms with van der Waals surface area (Å²) in [6.07, 6.45) is 0. The molecule has 8 aromatic rings. The largest absolute Gasteiger partial charge is 0.310 e. The SMILES string of the molecule is c1ccc(-c2ccc(-c3ccc(N(c4ccccc4)c4cccc5c4-c4ccccc4C54c5ccccc5-c5ccccc54)cc3)cc2)cc1. The van der Waals surface area contributed by atoms with Crippen molar-refractivity contribution in [2.45, 2.75) is 5.41 Å². The third-order valence-corrected chi connectivity index (χ3v) is 10.7. The second-order valence-corrected chi connectivity index (χ2v) is 13.2.